The molecule has 11 rings (SSSR count). The van der Waals surface area contributed by atoms with Crippen LogP contribution in [0.25, 0.3) is 77.2 Å². The molecule has 0 saturated heterocycles. The first-order valence-corrected chi connectivity index (χ1v) is 17.4. The van der Waals surface area contributed by atoms with E-state index in [9.17, 15) is 0 Å². The van der Waals surface area contributed by atoms with Crippen LogP contribution in [0.15, 0.2) is 176 Å². The van der Waals surface area contributed by atoms with Crippen molar-refractivity contribution in [3.63, 3.8) is 0 Å². The molecule has 0 aliphatic heterocycles. The van der Waals surface area contributed by atoms with Gasteiger partial charge in [-0.1, -0.05) is 109 Å². The van der Waals surface area contributed by atoms with Gasteiger partial charge < -0.3 is 9.13 Å². The van der Waals surface area contributed by atoms with Gasteiger partial charge in [-0.25, -0.2) is 0 Å². The lowest BCUT2D eigenvalue weighted by molar-refractivity contribution is 0.719. The third-order valence-corrected chi connectivity index (χ3v) is 11.0. The Morgan fingerprint density at radius 3 is 1.82 bits per heavy atom. The lowest BCUT2D eigenvalue weighted by Crippen LogP contribution is -2.16. The summed E-state index contributed by atoms with van der Waals surface area (Å²) in [7, 11) is 0. The zero-order chi connectivity index (χ0) is 32.8. The first kappa shape index (κ1) is 27.5. The minimum atomic E-state index is 0.321. The summed E-state index contributed by atoms with van der Waals surface area (Å²) in [5, 5.41) is 5.02. The molecule has 2 unspecified atom stereocenters. The topological polar surface area (TPSA) is 22.8 Å². The Morgan fingerprint density at radius 2 is 1.00 bits per heavy atom. The van der Waals surface area contributed by atoms with Crippen molar-refractivity contribution in [1.82, 2.24) is 14.1 Å². The highest BCUT2D eigenvalue weighted by atomic mass is 15.0. The van der Waals surface area contributed by atoms with Crippen LogP contribution in [0.2, 0.25) is 0 Å². The summed E-state index contributed by atoms with van der Waals surface area (Å²) < 4.78 is 4.81. The third kappa shape index (κ3) is 3.89. The van der Waals surface area contributed by atoms with Gasteiger partial charge in [-0.3, -0.25) is 4.98 Å². The highest BCUT2D eigenvalue weighted by Gasteiger charge is 2.32. The van der Waals surface area contributed by atoms with Crippen molar-refractivity contribution in [2.75, 3.05) is 0 Å². The molecule has 9 aromatic rings. The summed E-state index contributed by atoms with van der Waals surface area (Å²) in [5.41, 5.74) is 15.1. The Labute approximate surface area is 289 Å². The number of pyridine rings is 1. The fourth-order valence-electron chi connectivity index (χ4n) is 8.80. The average Bonchev–Trinajstić information content (AvgIpc) is 3.70. The van der Waals surface area contributed by atoms with Crippen LogP contribution in [0.1, 0.15) is 23.0 Å². The molecule has 2 aliphatic rings. The molecule has 0 fully saturated rings. The number of hydrogen-bond acceptors (Lipinski definition) is 1. The first-order valence-electron chi connectivity index (χ1n) is 17.4. The Hall–Kier alpha value is -6.45. The van der Waals surface area contributed by atoms with Crippen molar-refractivity contribution in [3.8, 4) is 33.6 Å². The van der Waals surface area contributed by atoms with Crippen LogP contribution in [0, 0.1) is 0 Å². The molecule has 0 spiro atoms. The van der Waals surface area contributed by atoms with Gasteiger partial charge in [0.1, 0.15) is 0 Å². The van der Waals surface area contributed by atoms with Crippen molar-refractivity contribution in [2.24, 2.45) is 0 Å². The van der Waals surface area contributed by atoms with E-state index in [2.05, 4.69) is 178 Å². The highest BCUT2D eigenvalue weighted by molar-refractivity contribution is 6.12. The summed E-state index contributed by atoms with van der Waals surface area (Å²) in [6, 6.07) is 51.6. The maximum atomic E-state index is 4.29. The summed E-state index contributed by atoms with van der Waals surface area (Å²) in [6.07, 6.45) is 12.9. The van der Waals surface area contributed by atoms with Crippen LogP contribution in [-0.4, -0.2) is 14.1 Å². The molecular weight excluding hydrogens is 607 g/mol. The van der Waals surface area contributed by atoms with E-state index in [0.717, 1.165) is 5.69 Å². The van der Waals surface area contributed by atoms with Crippen LogP contribution in [0.3, 0.4) is 0 Å². The van der Waals surface area contributed by atoms with Crippen molar-refractivity contribution in [2.45, 2.75) is 11.8 Å². The monoisotopic (exact) mass is 637 g/mol. The number of benzene rings is 6. The smallest absolute Gasteiger partial charge is 0.0547 e. The van der Waals surface area contributed by atoms with Crippen LogP contribution in [-0.2, 0) is 0 Å². The minimum absolute atomic E-state index is 0.321. The van der Waals surface area contributed by atoms with Crippen molar-refractivity contribution >= 4 is 43.6 Å². The molecule has 2 aliphatic carbocycles. The van der Waals surface area contributed by atoms with Crippen LogP contribution in [0.4, 0.5) is 0 Å². The second kappa shape index (κ2) is 10.5. The molecule has 3 aromatic heterocycles. The number of nitrogens with zero attached hydrogens (tertiary/aromatic N) is 3. The SMILES string of the molecule is C1=CC2c3ccccc3-c3ccc(-n4c5ccccc5c5cc(-c6ccc7c8ccccc8n(-c8ccncc8)c7c6)ccc54)cc3C2C=C1. The number of para-hydroxylation sites is 2. The normalized spacial score (nSPS) is 16.2. The number of aromatic nitrogens is 3. The fourth-order valence-corrected chi connectivity index (χ4v) is 8.80. The number of hydrogen-bond donors (Lipinski definition) is 0. The maximum absolute atomic E-state index is 4.29. The van der Waals surface area contributed by atoms with Gasteiger partial charge in [0.05, 0.1) is 22.1 Å². The highest BCUT2D eigenvalue weighted by Crippen LogP contribution is 2.50. The predicted octanol–water partition coefficient (Wildman–Crippen LogP) is 11.9. The second-order valence-corrected chi connectivity index (χ2v) is 13.6. The van der Waals surface area contributed by atoms with Crippen LogP contribution >= 0.6 is 0 Å². The molecular formula is C47H31N3. The molecule has 0 radical (unpaired) electrons. The van der Waals surface area contributed by atoms with Gasteiger partial charge in [-0.05, 0) is 88.0 Å². The Kier molecular flexibility index (Phi) is 5.79. The molecule has 0 bridgehead atoms. The van der Waals surface area contributed by atoms with E-state index in [1.807, 2.05) is 12.4 Å². The lowest BCUT2D eigenvalue weighted by atomic mass is 9.70. The summed E-state index contributed by atoms with van der Waals surface area (Å²) >= 11 is 0. The molecule has 234 valence electrons. The van der Waals surface area contributed by atoms with Gasteiger partial charge in [0.2, 0.25) is 0 Å². The molecule has 3 nitrogen and oxygen atoms in total. The first-order chi connectivity index (χ1) is 24.8. The van der Waals surface area contributed by atoms with Gasteiger partial charge in [-0.2, -0.15) is 0 Å². The Bertz CT molecular complexity index is 2880. The molecule has 3 heteroatoms. The van der Waals surface area contributed by atoms with Gasteiger partial charge in [0.25, 0.3) is 0 Å². The van der Waals surface area contributed by atoms with Gasteiger partial charge >= 0.3 is 0 Å². The van der Waals surface area contributed by atoms with E-state index < -0.39 is 0 Å². The third-order valence-electron chi connectivity index (χ3n) is 11.0. The minimum Gasteiger partial charge on any atom is -0.309 e. The zero-order valence-corrected chi connectivity index (χ0v) is 27.2. The average molecular weight is 638 g/mol. The molecule has 3 heterocycles. The van der Waals surface area contributed by atoms with Crippen molar-refractivity contribution in [1.29, 1.82) is 0 Å². The van der Waals surface area contributed by atoms with E-state index in [-0.39, 0.29) is 0 Å². The molecule has 0 amide bonds. The van der Waals surface area contributed by atoms with E-state index in [4.69, 9.17) is 0 Å². The predicted molar refractivity (Wildman–Crippen MR) is 208 cm³/mol. The van der Waals surface area contributed by atoms with Gasteiger partial charge in [0, 0.05) is 57.1 Å². The maximum Gasteiger partial charge on any atom is 0.0547 e. The Balaban J connectivity index is 1.10. The largest absolute Gasteiger partial charge is 0.309 e. The number of allylic oxidation sites excluding steroid dienone is 4. The standard InChI is InChI=1S/C47H31N3/c1-2-11-36-34(9-1)35-10-3-4-12-37(35)42-29-33(19-21-38(36)42)50-45-16-8-6-14-40(45)43-27-30(18-22-46(43)50)31-17-20-41-39-13-5-7-15-44(39)49(47(41)28-31)32-23-25-48-26-24-32/h1-29,35,37H. The molecule has 0 N–H and O–H groups in total. The number of rotatable bonds is 3. The van der Waals surface area contributed by atoms with Crippen LogP contribution < -0.4 is 0 Å². The molecule has 0 saturated carbocycles. The van der Waals surface area contributed by atoms with E-state index >= 15 is 0 Å². The summed E-state index contributed by atoms with van der Waals surface area (Å²) in [6.45, 7) is 0. The second-order valence-electron chi connectivity index (χ2n) is 13.6. The van der Waals surface area contributed by atoms with Crippen LogP contribution in [0.5, 0.6) is 0 Å². The molecule has 2 atom stereocenters. The van der Waals surface area contributed by atoms with E-state index in [1.54, 1.807) is 0 Å². The summed E-state index contributed by atoms with van der Waals surface area (Å²) in [5.74, 6) is 0.677. The van der Waals surface area contributed by atoms with Gasteiger partial charge in [-0.15, -0.1) is 0 Å². The van der Waals surface area contributed by atoms with Crippen molar-refractivity contribution in [3.05, 3.63) is 187 Å². The van der Waals surface area contributed by atoms with E-state index in [1.165, 1.54) is 82.7 Å². The number of fused-ring (bicyclic) bond motifs is 12. The summed E-state index contributed by atoms with van der Waals surface area (Å²) in [4.78, 5) is 4.29. The van der Waals surface area contributed by atoms with Gasteiger partial charge in [0.15, 0.2) is 0 Å². The molecule has 50 heavy (non-hydrogen) atoms. The van der Waals surface area contributed by atoms with Crippen molar-refractivity contribution < 1.29 is 0 Å². The lowest BCUT2D eigenvalue weighted by Gasteiger charge is -2.34. The Morgan fingerprint density at radius 1 is 0.400 bits per heavy atom. The molecule has 6 aromatic carbocycles. The quantitative estimate of drug-likeness (QED) is 0.189. The fraction of sp³-hybridized carbons (Fsp3) is 0.0426. The zero-order valence-electron chi connectivity index (χ0n) is 27.2. The van der Waals surface area contributed by atoms with E-state index in [0.29, 0.717) is 11.8 Å².